The zero-order valence-corrected chi connectivity index (χ0v) is 13.3. The topological polar surface area (TPSA) is 55.1 Å². The van der Waals surface area contributed by atoms with Crippen LogP contribution in [-0.4, -0.2) is 5.91 Å². The van der Waals surface area contributed by atoms with Gasteiger partial charge < -0.3 is 11.1 Å². The van der Waals surface area contributed by atoms with Crippen LogP contribution in [0.5, 0.6) is 0 Å². The fraction of sp³-hybridized carbons (Fsp3) is 0. The molecule has 0 aliphatic heterocycles. The fourth-order valence-electron chi connectivity index (χ4n) is 1.50. The SMILES string of the molecule is Nc1ccc(F)c(NC(=O)c2cc(I)ccc2Br)c1. The first kappa shape index (κ1) is 14.3. The zero-order valence-electron chi connectivity index (χ0n) is 9.58. The Bertz CT molecular complexity index is 649. The number of nitrogen functional groups attached to an aromatic ring is 1. The summed E-state index contributed by atoms with van der Waals surface area (Å²) in [4.78, 5) is 12.1. The first-order valence-electron chi connectivity index (χ1n) is 5.29. The van der Waals surface area contributed by atoms with Crippen LogP contribution in [0.1, 0.15) is 10.4 Å². The van der Waals surface area contributed by atoms with E-state index in [1.165, 1.54) is 18.2 Å². The van der Waals surface area contributed by atoms with Crippen molar-refractivity contribution in [2.75, 3.05) is 11.1 Å². The molecule has 1 amide bonds. The Kier molecular flexibility index (Phi) is 4.41. The van der Waals surface area contributed by atoms with Crippen LogP contribution in [0.2, 0.25) is 0 Å². The van der Waals surface area contributed by atoms with Gasteiger partial charge in [0.2, 0.25) is 0 Å². The molecule has 98 valence electrons. The minimum atomic E-state index is -0.524. The van der Waals surface area contributed by atoms with Crippen LogP contribution in [0.25, 0.3) is 0 Å². The summed E-state index contributed by atoms with van der Waals surface area (Å²) in [6.07, 6.45) is 0. The molecule has 0 aromatic heterocycles. The smallest absolute Gasteiger partial charge is 0.256 e. The molecule has 2 aromatic rings. The van der Waals surface area contributed by atoms with Crippen molar-refractivity contribution in [3.8, 4) is 0 Å². The Morgan fingerprint density at radius 2 is 2.00 bits per heavy atom. The third-order valence-electron chi connectivity index (χ3n) is 2.41. The summed E-state index contributed by atoms with van der Waals surface area (Å²) in [5.74, 6) is -0.917. The van der Waals surface area contributed by atoms with E-state index in [4.69, 9.17) is 5.73 Å². The van der Waals surface area contributed by atoms with Gasteiger partial charge in [0.15, 0.2) is 0 Å². The number of nitrogens with one attached hydrogen (secondary N) is 1. The van der Waals surface area contributed by atoms with Crippen LogP contribution in [0, 0.1) is 9.39 Å². The van der Waals surface area contributed by atoms with Crippen LogP contribution in [-0.2, 0) is 0 Å². The van der Waals surface area contributed by atoms with Crippen molar-refractivity contribution < 1.29 is 9.18 Å². The highest BCUT2D eigenvalue weighted by molar-refractivity contribution is 14.1. The zero-order chi connectivity index (χ0) is 14.0. The van der Waals surface area contributed by atoms with Gasteiger partial charge in [-0.15, -0.1) is 0 Å². The molecule has 0 heterocycles. The minimum Gasteiger partial charge on any atom is -0.399 e. The van der Waals surface area contributed by atoms with Crippen LogP contribution in [0.3, 0.4) is 0 Å². The number of carbonyl (C=O) groups is 1. The lowest BCUT2D eigenvalue weighted by atomic mass is 10.2. The summed E-state index contributed by atoms with van der Waals surface area (Å²) < 4.78 is 15.1. The first-order valence-corrected chi connectivity index (χ1v) is 7.16. The van der Waals surface area contributed by atoms with E-state index in [2.05, 4.69) is 43.8 Å². The van der Waals surface area contributed by atoms with Crippen LogP contribution >= 0.6 is 38.5 Å². The molecule has 0 aliphatic rings. The largest absolute Gasteiger partial charge is 0.399 e. The van der Waals surface area contributed by atoms with Crippen molar-refractivity contribution in [2.24, 2.45) is 0 Å². The number of amides is 1. The third-order valence-corrected chi connectivity index (χ3v) is 3.77. The molecule has 0 saturated carbocycles. The molecule has 2 rings (SSSR count). The Balaban J connectivity index is 2.30. The number of hydrogen-bond donors (Lipinski definition) is 2. The van der Waals surface area contributed by atoms with E-state index < -0.39 is 11.7 Å². The highest BCUT2D eigenvalue weighted by Crippen LogP contribution is 2.23. The molecule has 0 unspecified atom stereocenters. The van der Waals surface area contributed by atoms with E-state index in [0.29, 0.717) is 15.7 Å². The van der Waals surface area contributed by atoms with Crippen LogP contribution in [0.4, 0.5) is 15.8 Å². The normalized spacial score (nSPS) is 10.3. The van der Waals surface area contributed by atoms with E-state index in [9.17, 15) is 9.18 Å². The number of benzene rings is 2. The predicted octanol–water partition coefficient (Wildman–Crippen LogP) is 4.03. The molecule has 2 aromatic carbocycles. The maximum absolute atomic E-state index is 13.5. The second-order valence-electron chi connectivity index (χ2n) is 3.82. The average Bonchev–Trinajstić information content (AvgIpc) is 2.36. The van der Waals surface area contributed by atoms with Gasteiger partial charge in [-0.2, -0.15) is 0 Å². The van der Waals surface area contributed by atoms with Crippen LogP contribution < -0.4 is 11.1 Å². The standard InChI is InChI=1S/C13H9BrFIN2O/c14-10-3-1-7(16)5-9(10)13(19)18-12-6-8(17)2-4-11(12)15/h1-6H,17H2,(H,18,19). The van der Waals surface area contributed by atoms with Crippen LogP contribution in [0.15, 0.2) is 40.9 Å². The van der Waals surface area contributed by atoms with Gasteiger partial charge in [-0.3, -0.25) is 4.79 Å². The lowest BCUT2D eigenvalue weighted by Crippen LogP contribution is -2.14. The summed E-state index contributed by atoms with van der Waals surface area (Å²) in [6, 6.07) is 9.38. The van der Waals surface area contributed by atoms with Gasteiger partial charge in [0.1, 0.15) is 5.82 Å². The number of hydrogen-bond acceptors (Lipinski definition) is 2. The molecule has 0 aliphatic carbocycles. The Morgan fingerprint density at radius 1 is 1.26 bits per heavy atom. The number of rotatable bonds is 2. The quantitative estimate of drug-likeness (QED) is 0.553. The third kappa shape index (κ3) is 3.44. The summed E-state index contributed by atoms with van der Waals surface area (Å²) in [5, 5.41) is 2.51. The highest BCUT2D eigenvalue weighted by atomic mass is 127. The second kappa shape index (κ2) is 5.87. The van der Waals surface area contributed by atoms with Gasteiger partial charge in [0.05, 0.1) is 11.3 Å². The molecular weight excluding hydrogens is 426 g/mol. The molecular formula is C13H9BrFIN2O. The average molecular weight is 435 g/mol. The lowest BCUT2D eigenvalue weighted by molar-refractivity contribution is 0.102. The molecule has 0 atom stereocenters. The molecule has 0 bridgehead atoms. The molecule has 0 spiro atoms. The van der Waals surface area contributed by atoms with Crippen molar-refractivity contribution in [2.45, 2.75) is 0 Å². The number of nitrogens with two attached hydrogens (primary N) is 1. The summed E-state index contributed by atoms with van der Waals surface area (Å²) in [6.45, 7) is 0. The molecule has 3 N–H and O–H groups in total. The van der Waals surface area contributed by atoms with E-state index in [1.54, 1.807) is 12.1 Å². The predicted molar refractivity (Wildman–Crippen MR) is 85.6 cm³/mol. The number of halogens is 3. The van der Waals surface area contributed by atoms with Crippen molar-refractivity contribution in [3.63, 3.8) is 0 Å². The molecule has 0 saturated heterocycles. The van der Waals surface area contributed by atoms with Gasteiger partial charge in [0, 0.05) is 13.7 Å². The molecule has 0 fully saturated rings. The Labute approximate surface area is 131 Å². The summed E-state index contributed by atoms with van der Waals surface area (Å²) >= 11 is 5.40. The van der Waals surface area contributed by atoms with Gasteiger partial charge in [-0.1, -0.05) is 0 Å². The monoisotopic (exact) mass is 434 g/mol. The van der Waals surface area contributed by atoms with Crippen molar-refractivity contribution in [1.29, 1.82) is 0 Å². The summed E-state index contributed by atoms with van der Waals surface area (Å²) in [5.41, 5.74) is 6.46. The minimum absolute atomic E-state index is 0.0655. The second-order valence-corrected chi connectivity index (χ2v) is 5.92. The molecule has 3 nitrogen and oxygen atoms in total. The van der Waals surface area contributed by atoms with E-state index >= 15 is 0 Å². The van der Waals surface area contributed by atoms with Gasteiger partial charge in [-0.25, -0.2) is 4.39 Å². The number of anilines is 2. The first-order chi connectivity index (χ1) is 8.97. The Morgan fingerprint density at radius 3 is 2.74 bits per heavy atom. The highest BCUT2D eigenvalue weighted by Gasteiger charge is 2.13. The van der Waals surface area contributed by atoms with Gasteiger partial charge in [-0.05, 0) is 74.9 Å². The van der Waals surface area contributed by atoms with Crippen molar-refractivity contribution >= 4 is 55.8 Å². The molecule has 0 radical (unpaired) electrons. The number of carbonyl (C=O) groups excluding carboxylic acids is 1. The van der Waals surface area contributed by atoms with Crippen molar-refractivity contribution in [3.05, 3.63) is 55.8 Å². The van der Waals surface area contributed by atoms with E-state index in [0.717, 1.165) is 3.57 Å². The van der Waals surface area contributed by atoms with Crippen molar-refractivity contribution in [1.82, 2.24) is 0 Å². The van der Waals surface area contributed by atoms with E-state index in [-0.39, 0.29) is 5.69 Å². The maximum atomic E-state index is 13.5. The Hall–Kier alpha value is -1.15. The van der Waals surface area contributed by atoms with E-state index in [1.807, 2.05) is 6.07 Å². The lowest BCUT2D eigenvalue weighted by Gasteiger charge is -2.09. The van der Waals surface area contributed by atoms with Gasteiger partial charge in [0.25, 0.3) is 5.91 Å². The molecule has 6 heteroatoms. The fourth-order valence-corrected chi connectivity index (χ4v) is 2.42. The maximum Gasteiger partial charge on any atom is 0.256 e. The molecule has 19 heavy (non-hydrogen) atoms. The summed E-state index contributed by atoms with van der Waals surface area (Å²) in [7, 11) is 0. The van der Waals surface area contributed by atoms with Gasteiger partial charge >= 0.3 is 0 Å².